The molecule has 8 nitrogen and oxygen atoms in total. The van der Waals surface area contributed by atoms with Crippen LogP contribution in [0.5, 0.6) is 0 Å². The van der Waals surface area contributed by atoms with E-state index in [9.17, 15) is 11.1 Å². The summed E-state index contributed by atoms with van der Waals surface area (Å²) in [6, 6.07) is 85.4. The summed E-state index contributed by atoms with van der Waals surface area (Å²) in [5, 5.41) is 10.7. The lowest BCUT2D eigenvalue weighted by molar-refractivity contribution is 0.549. The summed E-state index contributed by atoms with van der Waals surface area (Å²) in [7, 11) is 0. The van der Waals surface area contributed by atoms with Crippen LogP contribution in [0.1, 0.15) is 11.1 Å². The molecule has 1 aliphatic rings. The molecule has 0 saturated heterocycles. The molecule has 0 aromatic heterocycles. The smallest absolute Gasteiger partial charge is 0.0540 e. The predicted octanol–water partition coefficient (Wildman–Crippen LogP) is 17.7. The molecule has 69 heavy (non-hydrogen) atoms. The number of para-hydroxylation sites is 4. The molecular formula is C61H44N8. The van der Waals surface area contributed by atoms with Crippen LogP contribution >= 0.6 is 0 Å². The zero-order valence-corrected chi connectivity index (χ0v) is 37.6. The third kappa shape index (κ3) is 7.78. The van der Waals surface area contributed by atoms with Gasteiger partial charge in [-0.05, 0) is 127 Å². The monoisotopic (exact) mass is 888 g/mol. The Labute approximate surface area is 400 Å². The summed E-state index contributed by atoms with van der Waals surface area (Å²) < 4.78 is 0. The van der Waals surface area contributed by atoms with Gasteiger partial charge in [0, 0.05) is 62.2 Å². The topological polar surface area (TPSA) is 104 Å². The Morgan fingerprint density at radius 3 is 1.38 bits per heavy atom. The fraction of sp³-hybridized carbons (Fsp3) is 0.0492. The number of anilines is 6. The molecule has 0 unspecified atom stereocenters. The third-order valence-electron chi connectivity index (χ3n) is 13.4. The van der Waals surface area contributed by atoms with Crippen molar-refractivity contribution in [1.82, 2.24) is 0 Å². The zero-order chi connectivity index (χ0) is 46.6. The van der Waals surface area contributed by atoms with Crippen LogP contribution in [0.15, 0.2) is 253 Å². The summed E-state index contributed by atoms with van der Waals surface area (Å²) in [6.07, 6.45) is 0. The Hall–Kier alpha value is -9.32. The molecule has 0 atom stereocenters. The second-order valence-electron chi connectivity index (χ2n) is 17.2. The quantitative estimate of drug-likeness (QED) is 0.0653. The summed E-state index contributed by atoms with van der Waals surface area (Å²) in [6.45, 7) is 0.212. The number of fused-ring (bicyclic) bond motifs is 4. The normalized spacial score (nSPS) is 13.4. The lowest BCUT2D eigenvalue weighted by Gasteiger charge is -2.32. The molecule has 0 N–H and O–H groups in total. The molecule has 0 fully saturated rings. The van der Waals surface area contributed by atoms with Crippen LogP contribution in [0.25, 0.3) is 76.2 Å². The Morgan fingerprint density at radius 2 is 0.768 bits per heavy atom. The molecule has 0 aliphatic heterocycles. The molecule has 0 heterocycles. The van der Waals surface area contributed by atoms with Crippen LogP contribution in [-0.4, -0.2) is 13.1 Å². The van der Waals surface area contributed by atoms with Crippen molar-refractivity contribution >= 4 is 44.9 Å². The van der Waals surface area contributed by atoms with Gasteiger partial charge >= 0.3 is 0 Å². The molecule has 0 saturated carbocycles. The summed E-state index contributed by atoms with van der Waals surface area (Å²) in [5.74, 6) is 0. The lowest BCUT2D eigenvalue weighted by Crippen LogP contribution is -2.32. The van der Waals surface area contributed by atoms with Gasteiger partial charge in [-0.2, -0.15) is 0 Å². The molecular weight excluding hydrogens is 845 g/mol. The van der Waals surface area contributed by atoms with Gasteiger partial charge < -0.3 is 9.80 Å². The molecule has 0 amide bonds. The highest BCUT2D eigenvalue weighted by Crippen LogP contribution is 2.52. The van der Waals surface area contributed by atoms with E-state index in [1.165, 1.54) is 21.9 Å². The van der Waals surface area contributed by atoms with E-state index < -0.39 is 5.41 Å². The fourth-order valence-corrected chi connectivity index (χ4v) is 10.2. The first kappa shape index (κ1) is 42.3. The Bertz CT molecular complexity index is 3550. The van der Waals surface area contributed by atoms with Crippen LogP contribution in [0, 0.1) is 0 Å². The zero-order valence-electron chi connectivity index (χ0n) is 37.6. The highest BCUT2D eigenvalue weighted by molar-refractivity contribution is 5.98. The highest BCUT2D eigenvalue weighted by Gasteiger charge is 2.43. The van der Waals surface area contributed by atoms with Crippen LogP contribution in [0.4, 0.5) is 34.1 Å². The van der Waals surface area contributed by atoms with E-state index in [2.05, 4.69) is 236 Å². The predicted molar refractivity (Wildman–Crippen MR) is 284 cm³/mol. The van der Waals surface area contributed by atoms with Gasteiger partial charge in [0.05, 0.1) is 11.4 Å². The van der Waals surface area contributed by atoms with Gasteiger partial charge in [0.1, 0.15) is 0 Å². The van der Waals surface area contributed by atoms with Gasteiger partial charge in [0.15, 0.2) is 0 Å². The minimum absolute atomic E-state index is 0.106. The lowest BCUT2D eigenvalue weighted by atomic mass is 9.78. The van der Waals surface area contributed by atoms with E-state index in [4.69, 9.17) is 0 Å². The van der Waals surface area contributed by atoms with Crippen molar-refractivity contribution in [1.29, 1.82) is 0 Å². The van der Waals surface area contributed by atoms with Crippen molar-refractivity contribution in [2.24, 2.45) is 10.2 Å². The second kappa shape index (κ2) is 18.5. The molecule has 1 aliphatic carbocycles. The second-order valence-corrected chi connectivity index (χ2v) is 17.2. The first-order valence-electron chi connectivity index (χ1n) is 23.0. The molecule has 0 bridgehead atoms. The number of hydrogen-bond donors (Lipinski definition) is 0. The average Bonchev–Trinajstić information content (AvgIpc) is 3.69. The standard InChI is InChI=1S/C61H44N8/c62-66-64-41-61(42-65-67-63)57-27-12-9-25-55(57)56-39-38-50(40-58(56)61)69(48-20-5-2-6-21-48)60-29-14-11-24-54(60)46-32-30-45(31-33-46)53-23-10-13-28-59(53)68(47-18-3-1-4-19-47)49-36-34-44(35-37-49)52-26-15-17-43-16-7-8-22-51(43)52/h1-40H,41-42H2. The van der Waals surface area contributed by atoms with Crippen molar-refractivity contribution in [3.05, 3.63) is 275 Å². The Morgan fingerprint density at radius 1 is 0.348 bits per heavy atom. The van der Waals surface area contributed by atoms with Gasteiger partial charge in [0.25, 0.3) is 0 Å². The van der Waals surface area contributed by atoms with Gasteiger partial charge in [-0.1, -0.05) is 192 Å². The van der Waals surface area contributed by atoms with Crippen LogP contribution in [0.3, 0.4) is 0 Å². The number of azide groups is 2. The van der Waals surface area contributed by atoms with Crippen LogP contribution in [0.2, 0.25) is 0 Å². The summed E-state index contributed by atoms with van der Waals surface area (Å²) >= 11 is 0. The van der Waals surface area contributed by atoms with Crippen molar-refractivity contribution < 1.29 is 0 Å². The number of nitrogens with zero attached hydrogens (tertiary/aromatic N) is 8. The van der Waals surface area contributed by atoms with E-state index in [1.54, 1.807) is 0 Å². The molecule has 328 valence electrons. The third-order valence-corrected chi connectivity index (χ3v) is 13.4. The van der Waals surface area contributed by atoms with Gasteiger partial charge in [-0.3, -0.25) is 0 Å². The van der Waals surface area contributed by atoms with E-state index in [-0.39, 0.29) is 13.1 Å². The molecule has 11 rings (SSSR count). The molecule has 0 spiro atoms. The molecule has 10 aromatic carbocycles. The van der Waals surface area contributed by atoms with Crippen molar-refractivity contribution in [3.8, 4) is 44.5 Å². The summed E-state index contributed by atoms with van der Waals surface area (Å²) in [5.41, 5.74) is 35.1. The number of benzene rings is 10. The van der Waals surface area contributed by atoms with Crippen LogP contribution in [-0.2, 0) is 5.41 Å². The fourth-order valence-electron chi connectivity index (χ4n) is 10.2. The van der Waals surface area contributed by atoms with Crippen molar-refractivity contribution in [2.45, 2.75) is 5.41 Å². The maximum Gasteiger partial charge on any atom is 0.0540 e. The molecule has 0 radical (unpaired) electrons. The summed E-state index contributed by atoms with van der Waals surface area (Å²) in [4.78, 5) is 10.9. The van der Waals surface area contributed by atoms with Crippen molar-refractivity contribution in [2.75, 3.05) is 22.9 Å². The van der Waals surface area contributed by atoms with E-state index in [1.807, 2.05) is 36.4 Å². The Kier molecular flexibility index (Phi) is 11.4. The highest BCUT2D eigenvalue weighted by atomic mass is 15.2. The Balaban J connectivity index is 0.983. The number of hydrogen-bond acceptors (Lipinski definition) is 4. The largest absolute Gasteiger partial charge is 0.310 e. The average molecular weight is 889 g/mol. The minimum atomic E-state index is -0.842. The van der Waals surface area contributed by atoms with Crippen LogP contribution < -0.4 is 9.80 Å². The van der Waals surface area contributed by atoms with Gasteiger partial charge in [-0.25, -0.2) is 0 Å². The van der Waals surface area contributed by atoms with Crippen molar-refractivity contribution in [3.63, 3.8) is 0 Å². The van der Waals surface area contributed by atoms with E-state index >= 15 is 0 Å². The van der Waals surface area contributed by atoms with Gasteiger partial charge in [0.2, 0.25) is 0 Å². The molecule has 8 heteroatoms. The maximum absolute atomic E-state index is 9.57. The minimum Gasteiger partial charge on any atom is -0.310 e. The first-order chi connectivity index (χ1) is 34.1. The number of rotatable bonds is 13. The van der Waals surface area contributed by atoms with E-state index in [0.29, 0.717) is 0 Å². The maximum atomic E-state index is 9.57. The SMILES string of the molecule is [N-]=[N+]=NCC1(CN=[N+]=[N-])c2ccccc2-c2ccc(N(c3ccccc3)c3ccccc3-c3ccc(-c4ccccc4N(c4ccccc4)c4ccc(-c5cccc6ccccc56)cc4)cc3)cc21. The van der Waals surface area contributed by atoms with E-state index in [0.717, 1.165) is 78.6 Å². The first-order valence-corrected chi connectivity index (χ1v) is 23.0. The van der Waals surface area contributed by atoms with Gasteiger partial charge in [-0.15, -0.1) is 0 Å². The molecule has 10 aromatic rings.